The maximum Gasteiger partial charge on any atom is 0.0951 e. The number of nitrogens with one attached hydrogen (secondary N) is 1. The highest BCUT2D eigenvalue weighted by atomic mass is 16.3. The summed E-state index contributed by atoms with van der Waals surface area (Å²) in [7, 11) is 0. The number of hydrogen-bond donors (Lipinski definition) is 3. The lowest BCUT2D eigenvalue weighted by Crippen LogP contribution is -2.35. The molecule has 0 amide bonds. The quantitative estimate of drug-likeness (QED) is 0.679. The van der Waals surface area contributed by atoms with Gasteiger partial charge >= 0.3 is 0 Å². The second-order valence-corrected chi connectivity index (χ2v) is 5.12. The Morgan fingerprint density at radius 1 is 1.29 bits per heavy atom. The summed E-state index contributed by atoms with van der Waals surface area (Å²) in [5.41, 5.74) is 8.35. The molecule has 114 valence electrons. The van der Waals surface area contributed by atoms with E-state index in [4.69, 9.17) is 5.73 Å². The van der Waals surface area contributed by atoms with Crippen molar-refractivity contribution in [3.05, 3.63) is 30.5 Å². The molecule has 1 heterocycles. The molecule has 0 aliphatic carbocycles. The number of anilines is 2. The topological polar surface area (TPSA) is 74.4 Å². The Balaban J connectivity index is 2.05. The number of likely N-dealkylation sites (N-methyl/N-ethyl adjacent to an activating group) is 1. The number of nitrogens with two attached hydrogens (primary N) is 1. The maximum absolute atomic E-state index is 10.1. The molecule has 0 fully saturated rings. The van der Waals surface area contributed by atoms with Crippen LogP contribution >= 0.6 is 0 Å². The van der Waals surface area contributed by atoms with E-state index in [-0.39, 0.29) is 0 Å². The van der Waals surface area contributed by atoms with Gasteiger partial charge in [0.2, 0.25) is 0 Å². The first kappa shape index (κ1) is 15.5. The average molecular weight is 288 g/mol. The smallest absolute Gasteiger partial charge is 0.0951 e. The number of rotatable bonds is 7. The zero-order chi connectivity index (χ0) is 15.2. The van der Waals surface area contributed by atoms with E-state index in [1.807, 2.05) is 24.3 Å². The van der Waals surface area contributed by atoms with Crippen LogP contribution in [0, 0.1) is 0 Å². The number of nitrogen functional groups attached to an aromatic ring is 1. The zero-order valence-electron chi connectivity index (χ0n) is 12.7. The van der Waals surface area contributed by atoms with Crippen LogP contribution in [0.15, 0.2) is 30.5 Å². The van der Waals surface area contributed by atoms with Gasteiger partial charge in [-0.2, -0.15) is 0 Å². The molecule has 21 heavy (non-hydrogen) atoms. The van der Waals surface area contributed by atoms with Gasteiger partial charge in [0, 0.05) is 30.4 Å². The summed E-state index contributed by atoms with van der Waals surface area (Å²) in [5.74, 6) is 0. The summed E-state index contributed by atoms with van der Waals surface area (Å²) < 4.78 is 0. The number of nitrogens with zero attached hydrogens (tertiary/aromatic N) is 2. The van der Waals surface area contributed by atoms with Crippen molar-refractivity contribution in [1.29, 1.82) is 0 Å². The molecule has 1 aromatic heterocycles. The van der Waals surface area contributed by atoms with E-state index in [2.05, 4.69) is 29.0 Å². The van der Waals surface area contributed by atoms with Gasteiger partial charge in [0.05, 0.1) is 17.3 Å². The van der Waals surface area contributed by atoms with Crippen molar-refractivity contribution in [3.63, 3.8) is 0 Å². The van der Waals surface area contributed by atoms with Crippen LogP contribution in [0.5, 0.6) is 0 Å². The molecule has 0 spiro atoms. The maximum atomic E-state index is 10.1. The van der Waals surface area contributed by atoms with Crippen molar-refractivity contribution in [2.75, 3.05) is 37.2 Å². The molecule has 0 saturated heterocycles. The molecule has 1 aromatic carbocycles. The highest BCUT2D eigenvalue weighted by molar-refractivity contribution is 5.97. The van der Waals surface area contributed by atoms with Crippen molar-refractivity contribution < 1.29 is 5.11 Å². The molecule has 0 saturated carbocycles. The summed E-state index contributed by atoms with van der Waals surface area (Å²) in [4.78, 5) is 6.51. The summed E-state index contributed by atoms with van der Waals surface area (Å²) in [6.07, 6.45) is 1.33. The first-order chi connectivity index (χ1) is 10.2. The number of aliphatic hydroxyl groups is 1. The molecule has 4 N–H and O–H groups in total. The lowest BCUT2D eigenvalue weighted by molar-refractivity contribution is 0.128. The lowest BCUT2D eigenvalue weighted by atomic mass is 10.1. The fourth-order valence-corrected chi connectivity index (χ4v) is 2.43. The third kappa shape index (κ3) is 3.83. The number of fused-ring (bicyclic) bond motifs is 1. The molecular weight excluding hydrogens is 264 g/mol. The van der Waals surface area contributed by atoms with Gasteiger partial charge in [-0.05, 0) is 25.2 Å². The largest absolute Gasteiger partial charge is 0.397 e. The Morgan fingerprint density at radius 2 is 2.05 bits per heavy atom. The minimum absolute atomic E-state index is 0.408. The van der Waals surface area contributed by atoms with Crippen LogP contribution in [0.2, 0.25) is 0 Å². The molecule has 0 aliphatic rings. The van der Waals surface area contributed by atoms with E-state index in [1.165, 1.54) is 0 Å². The van der Waals surface area contributed by atoms with Crippen LogP contribution in [0.25, 0.3) is 10.9 Å². The highest BCUT2D eigenvalue weighted by Gasteiger charge is 2.10. The predicted molar refractivity (Wildman–Crippen MR) is 88.4 cm³/mol. The molecule has 0 bridgehead atoms. The van der Waals surface area contributed by atoms with Gasteiger partial charge in [-0.3, -0.25) is 4.98 Å². The van der Waals surface area contributed by atoms with E-state index >= 15 is 0 Å². The Bertz CT molecular complexity index is 583. The highest BCUT2D eigenvalue weighted by Crippen LogP contribution is 2.25. The summed E-state index contributed by atoms with van der Waals surface area (Å²) in [6, 6.07) is 7.65. The first-order valence-corrected chi connectivity index (χ1v) is 7.43. The first-order valence-electron chi connectivity index (χ1n) is 7.43. The van der Waals surface area contributed by atoms with Gasteiger partial charge in [-0.1, -0.05) is 26.0 Å². The standard InChI is InChI=1S/C16H24N4O/c1-3-20(4-2)11-12(21)10-19-15-8-9-18-16-13(15)6-5-7-14(16)17/h5-9,12,21H,3-4,10-11,17H2,1-2H3,(H,18,19)/t12-/m0/s1. The van der Waals surface area contributed by atoms with Gasteiger partial charge in [0.15, 0.2) is 0 Å². The van der Waals surface area contributed by atoms with Gasteiger partial charge < -0.3 is 21.1 Å². The molecule has 2 aromatic rings. The predicted octanol–water partition coefficient (Wildman–Crippen LogP) is 1.93. The molecule has 0 radical (unpaired) electrons. The van der Waals surface area contributed by atoms with Crippen LogP contribution in [-0.2, 0) is 0 Å². The molecule has 2 rings (SSSR count). The third-order valence-corrected chi connectivity index (χ3v) is 3.69. The van der Waals surface area contributed by atoms with Crippen molar-refractivity contribution in [2.45, 2.75) is 20.0 Å². The van der Waals surface area contributed by atoms with E-state index in [1.54, 1.807) is 6.20 Å². The molecule has 0 aliphatic heterocycles. The van der Waals surface area contributed by atoms with E-state index in [0.29, 0.717) is 18.8 Å². The SMILES string of the molecule is CCN(CC)C[C@@H](O)CNc1ccnc2c(N)cccc12. The number of benzene rings is 1. The Morgan fingerprint density at radius 3 is 2.76 bits per heavy atom. The van der Waals surface area contributed by atoms with Gasteiger partial charge in [0.1, 0.15) is 0 Å². The molecular formula is C16H24N4O. The third-order valence-electron chi connectivity index (χ3n) is 3.69. The van der Waals surface area contributed by atoms with Crippen LogP contribution < -0.4 is 11.1 Å². The van der Waals surface area contributed by atoms with E-state index in [0.717, 1.165) is 29.7 Å². The second kappa shape index (κ2) is 7.24. The minimum Gasteiger partial charge on any atom is -0.397 e. The fourth-order valence-electron chi connectivity index (χ4n) is 2.43. The lowest BCUT2D eigenvalue weighted by Gasteiger charge is -2.22. The Kier molecular flexibility index (Phi) is 5.36. The summed E-state index contributed by atoms with van der Waals surface area (Å²) >= 11 is 0. The monoisotopic (exact) mass is 288 g/mol. The Hall–Kier alpha value is -1.85. The minimum atomic E-state index is -0.408. The second-order valence-electron chi connectivity index (χ2n) is 5.12. The normalized spacial score (nSPS) is 12.8. The van der Waals surface area contributed by atoms with Crippen LogP contribution in [0.3, 0.4) is 0 Å². The van der Waals surface area contributed by atoms with Crippen molar-refractivity contribution in [1.82, 2.24) is 9.88 Å². The molecule has 1 atom stereocenters. The van der Waals surface area contributed by atoms with E-state index in [9.17, 15) is 5.11 Å². The summed E-state index contributed by atoms with van der Waals surface area (Å²) in [6.45, 7) is 7.27. The Labute approximate surface area is 125 Å². The van der Waals surface area contributed by atoms with Crippen LogP contribution in [-0.4, -0.2) is 47.3 Å². The molecule has 0 unspecified atom stereocenters. The average Bonchev–Trinajstić information content (AvgIpc) is 2.51. The van der Waals surface area contributed by atoms with Crippen molar-refractivity contribution >= 4 is 22.3 Å². The zero-order valence-corrected chi connectivity index (χ0v) is 12.7. The summed E-state index contributed by atoms with van der Waals surface area (Å²) in [5, 5.41) is 14.4. The van der Waals surface area contributed by atoms with E-state index < -0.39 is 6.10 Å². The van der Waals surface area contributed by atoms with Gasteiger partial charge in [0.25, 0.3) is 0 Å². The molecule has 5 heteroatoms. The number of para-hydroxylation sites is 1. The fraction of sp³-hybridized carbons (Fsp3) is 0.438. The number of pyridine rings is 1. The number of aromatic nitrogens is 1. The van der Waals surface area contributed by atoms with Gasteiger partial charge in [-0.15, -0.1) is 0 Å². The van der Waals surface area contributed by atoms with Gasteiger partial charge in [-0.25, -0.2) is 0 Å². The van der Waals surface area contributed by atoms with Crippen molar-refractivity contribution in [3.8, 4) is 0 Å². The van der Waals surface area contributed by atoms with Crippen LogP contribution in [0.4, 0.5) is 11.4 Å². The number of aliphatic hydroxyl groups excluding tert-OH is 1. The van der Waals surface area contributed by atoms with Crippen LogP contribution in [0.1, 0.15) is 13.8 Å². The molecule has 5 nitrogen and oxygen atoms in total. The number of hydrogen-bond acceptors (Lipinski definition) is 5. The van der Waals surface area contributed by atoms with Crippen molar-refractivity contribution in [2.24, 2.45) is 0 Å².